The molecule has 0 amide bonds. The van der Waals surface area contributed by atoms with Gasteiger partial charge in [-0.15, -0.1) is 0 Å². The molecular formula is C13H19N3O2. The largest absolute Gasteiger partial charge is 0.464 e. The fraction of sp³-hybridized carbons (Fsp3) is 0.615. The van der Waals surface area contributed by atoms with Crippen molar-refractivity contribution in [2.75, 3.05) is 12.0 Å². The van der Waals surface area contributed by atoms with Gasteiger partial charge in [-0.05, 0) is 33.1 Å². The quantitative estimate of drug-likeness (QED) is 0.751. The van der Waals surface area contributed by atoms with Gasteiger partial charge in [-0.25, -0.2) is 14.8 Å². The minimum Gasteiger partial charge on any atom is -0.464 e. The van der Waals surface area contributed by atoms with E-state index >= 15 is 0 Å². The molecule has 1 fully saturated rings. The van der Waals surface area contributed by atoms with Gasteiger partial charge < -0.3 is 9.64 Å². The molecule has 0 radical (unpaired) electrons. The second kappa shape index (κ2) is 5.33. The SMILES string of the molecule is COC(=O)c1cnc(N2[C@H](C)CCC[C@@H]2C)cn1. The third kappa shape index (κ3) is 2.44. The van der Waals surface area contributed by atoms with Crippen molar-refractivity contribution in [3.05, 3.63) is 18.1 Å². The first-order valence-corrected chi connectivity index (χ1v) is 6.32. The highest BCUT2D eigenvalue weighted by Crippen LogP contribution is 2.26. The monoisotopic (exact) mass is 249 g/mol. The maximum Gasteiger partial charge on any atom is 0.358 e. The van der Waals surface area contributed by atoms with E-state index in [1.54, 1.807) is 6.20 Å². The fourth-order valence-electron chi connectivity index (χ4n) is 2.54. The molecule has 1 aliphatic heterocycles. The Labute approximate surface area is 107 Å². The van der Waals surface area contributed by atoms with Crippen LogP contribution in [-0.4, -0.2) is 35.1 Å². The number of methoxy groups -OCH3 is 1. The first kappa shape index (κ1) is 12.8. The average molecular weight is 249 g/mol. The van der Waals surface area contributed by atoms with Gasteiger partial charge >= 0.3 is 5.97 Å². The molecule has 1 aromatic rings. The number of rotatable bonds is 2. The van der Waals surface area contributed by atoms with Crippen LogP contribution in [-0.2, 0) is 4.74 Å². The predicted octanol–water partition coefficient (Wildman–Crippen LogP) is 2.03. The summed E-state index contributed by atoms with van der Waals surface area (Å²) in [5.41, 5.74) is 0.249. The standard InChI is InChI=1S/C13H19N3O2/c1-9-5-4-6-10(2)16(9)12-8-14-11(7-15-12)13(17)18-3/h7-10H,4-6H2,1-3H3/t9-,10+. The molecule has 1 aromatic heterocycles. The zero-order chi connectivity index (χ0) is 13.1. The number of ether oxygens (including phenoxy) is 1. The van der Waals surface area contributed by atoms with Crippen LogP contribution < -0.4 is 4.90 Å². The van der Waals surface area contributed by atoms with E-state index in [1.165, 1.54) is 32.6 Å². The highest BCUT2D eigenvalue weighted by molar-refractivity contribution is 5.86. The number of hydrogen-bond acceptors (Lipinski definition) is 5. The number of hydrogen-bond donors (Lipinski definition) is 0. The van der Waals surface area contributed by atoms with Crippen molar-refractivity contribution >= 4 is 11.8 Å². The number of anilines is 1. The molecule has 0 bridgehead atoms. The average Bonchev–Trinajstić information content (AvgIpc) is 2.38. The molecule has 5 heteroatoms. The number of carbonyl (C=O) groups excluding carboxylic acids is 1. The summed E-state index contributed by atoms with van der Waals surface area (Å²) in [4.78, 5) is 22.0. The lowest BCUT2D eigenvalue weighted by Gasteiger charge is -2.39. The summed E-state index contributed by atoms with van der Waals surface area (Å²) in [6, 6.07) is 0.930. The third-order valence-corrected chi connectivity index (χ3v) is 3.49. The Morgan fingerprint density at radius 1 is 1.28 bits per heavy atom. The van der Waals surface area contributed by atoms with Crippen LogP contribution in [0.15, 0.2) is 12.4 Å². The van der Waals surface area contributed by atoms with E-state index in [4.69, 9.17) is 0 Å². The molecule has 0 spiro atoms. The van der Waals surface area contributed by atoms with Gasteiger partial charge in [0.2, 0.25) is 0 Å². The second-order valence-corrected chi connectivity index (χ2v) is 4.79. The van der Waals surface area contributed by atoms with Crippen LogP contribution in [0.5, 0.6) is 0 Å². The Balaban J connectivity index is 2.20. The lowest BCUT2D eigenvalue weighted by atomic mass is 9.98. The van der Waals surface area contributed by atoms with Crippen LogP contribution in [0, 0.1) is 0 Å². The summed E-state index contributed by atoms with van der Waals surface area (Å²) < 4.78 is 4.61. The van der Waals surface area contributed by atoms with Crippen molar-refractivity contribution < 1.29 is 9.53 Å². The molecule has 18 heavy (non-hydrogen) atoms. The summed E-state index contributed by atoms with van der Waals surface area (Å²) in [6.45, 7) is 4.40. The van der Waals surface area contributed by atoms with Crippen molar-refractivity contribution in [1.82, 2.24) is 9.97 Å². The van der Waals surface area contributed by atoms with E-state index in [2.05, 4.69) is 33.5 Å². The molecular weight excluding hydrogens is 230 g/mol. The number of esters is 1. The van der Waals surface area contributed by atoms with E-state index < -0.39 is 5.97 Å². The van der Waals surface area contributed by atoms with Crippen molar-refractivity contribution in [1.29, 1.82) is 0 Å². The lowest BCUT2D eigenvalue weighted by molar-refractivity contribution is 0.0593. The van der Waals surface area contributed by atoms with Gasteiger partial charge in [0, 0.05) is 12.1 Å². The molecule has 2 rings (SSSR count). The molecule has 1 aliphatic rings. The van der Waals surface area contributed by atoms with Crippen LogP contribution in [0.25, 0.3) is 0 Å². The lowest BCUT2D eigenvalue weighted by Crippen LogP contribution is -2.44. The topological polar surface area (TPSA) is 55.3 Å². The van der Waals surface area contributed by atoms with Crippen LogP contribution >= 0.6 is 0 Å². The Hall–Kier alpha value is -1.65. The zero-order valence-electron chi connectivity index (χ0n) is 11.1. The van der Waals surface area contributed by atoms with E-state index in [-0.39, 0.29) is 5.69 Å². The zero-order valence-corrected chi connectivity index (χ0v) is 11.1. The molecule has 0 aliphatic carbocycles. The molecule has 0 aromatic carbocycles. The highest BCUT2D eigenvalue weighted by atomic mass is 16.5. The Morgan fingerprint density at radius 3 is 2.44 bits per heavy atom. The van der Waals surface area contributed by atoms with E-state index in [9.17, 15) is 4.79 Å². The number of piperidine rings is 1. The second-order valence-electron chi connectivity index (χ2n) is 4.79. The van der Waals surface area contributed by atoms with Gasteiger partial charge in [-0.3, -0.25) is 0 Å². The van der Waals surface area contributed by atoms with Gasteiger partial charge in [0.05, 0.1) is 19.5 Å². The predicted molar refractivity (Wildman–Crippen MR) is 68.6 cm³/mol. The smallest absolute Gasteiger partial charge is 0.358 e. The van der Waals surface area contributed by atoms with E-state index in [0.29, 0.717) is 12.1 Å². The molecule has 0 N–H and O–H groups in total. The number of carbonyl (C=O) groups is 1. The highest BCUT2D eigenvalue weighted by Gasteiger charge is 2.26. The van der Waals surface area contributed by atoms with E-state index in [1.807, 2.05) is 0 Å². The van der Waals surface area contributed by atoms with E-state index in [0.717, 1.165) is 5.82 Å². The molecule has 2 heterocycles. The van der Waals surface area contributed by atoms with Crippen LogP contribution in [0.4, 0.5) is 5.82 Å². The third-order valence-electron chi connectivity index (χ3n) is 3.49. The summed E-state index contributed by atoms with van der Waals surface area (Å²) in [6.07, 6.45) is 6.74. The summed E-state index contributed by atoms with van der Waals surface area (Å²) in [5.74, 6) is 0.385. The summed E-state index contributed by atoms with van der Waals surface area (Å²) >= 11 is 0. The molecule has 2 atom stereocenters. The van der Waals surface area contributed by atoms with Crippen LogP contribution in [0.2, 0.25) is 0 Å². The first-order valence-electron chi connectivity index (χ1n) is 6.32. The van der Waals surface area contributed by atoms with Crippen molar-refractivity contribution in [3.63, 3.8) is 0 Å². The minimum atomic E-state index is -0.450. The summed E-state index contributed by atoms with van der Waals surface area (Å²) in [7, 11) is 1.34. The molecule has 1 saturated heterocycles. The maximum absolute atomic E-state index is 11.3. The Kier molecular flexibility index (Phi) is 3.79. The van der Waals surface area contributed by atoms with Crippen LogP contribution in [0.1, 0.15) is 43.6 Å². The van der Waals surface area contributed by atoms with Gasteiger partial charge in [0.15, 0.2) is 5.69 Å². The van der Waals surface area contributed by atoms with Crippen molar-refractivity contribution in [3.8, 4) is 0 Å². The summed E-state index contributed by atoms with van der Waals surface area (Å²) in [5, 5.41) is 0. The maximum atomic E-state index is 11.3. The number of nitrogens with zero attached hydrogens (tertiary/aromatic N) is 3. The van der Waals surface area contributed by atoms with Crippen molar-refractivity contribution in [2.24, 2.45) is 0 Å². The van der Waals surface area contributed by atoms with Gasteiger partial charge in [0.1, 0.15) is 5.82 Å². The molecule has 5 nitrogen and oxygen atoms in total. The molecule has 0 unspecified atom stereocenters. The van der Waals surface area contributed by atoms with Gasteiger partial charge in [-0.2, -0.15) is 0 Å². The van der Waals surface area contributed by atoms with Gasteiger partial charge in [-0.1, -0.05) is 0 Å². The minimum absolute atomic E-state index is 0.249. The molecule has 0 saturated carbocycles. The fourth-order valence-corrected chi connectivity index (χ4v) is 2.54. The Morgan fingerprint density at radius 2 is 1.94 bits per heavy atom. The first-order chi connectivity index (χ1) is 8.63. The number of aromatic nitrogens is 2. The van der Waals surface area contributed by atoms with Crippen molar-refractivity contribution in [2.45, 2.75) is 45.2 Å². The van der Waals surface area contributed by atoms with Gasteiger partial charge in [0.25, 0.3) is 0 Å². The molecule has 98 valence electrons. The Bertz CT molecular complexity index is 409. The normalized spacial score (nSPS) is 23.8. The van der Waals surface area contributed by atoms with Crippen LogP contribution in [0.3, 0.4) is 0 Å².